The van der Waals surface area contributed by atoms with Crippen molar-refractivity contribution in [3.8, 4) is 11.8 Å². The first-order valence-electron chi connectivity index (χ1n) is 8.78. The third-order valence-electron chi connectivity index (χ3n) is 4.45. The van der Waals surface area contributed by atoms with E-state index in [0.717, 1.165) is 28.2 Å². The zero-order valence-corrected chi connectivity index (χ0v) is 15.4. The lowest BCUT2D eigenvalue weighted by Gasteiger charge is -2.09. The minimum atomic E-state index is -0.370. The molecule has 134 valence electrons. The van der Waals surface area contributed by atoms with Crippen LogP contribution in [0.5, 0.6) is 0 Å². The lowest BCUT2D eigenvalue weighted by molar-refractivity contribution is -0.117. The molecule has 0 fully saturated rings. The third kappa shape index (κ3) is 4.16. The maximum absolute atomic E-state index is 12.4. The SMILES string of the molecule is Cc1cc(/C=C(\C#N)C(=O)NCc2ccccc2)c(C)n1-c1ccccc1. The van der Waals surface area contributed by atoms with Gasteiger partial charge in [0.25, 0.3) is 5.91 Å². The topological polar surface area (TPSA) is 57.8 Å². The molecule has 4 nitrogen and oxygen atoms in total. The lowest BCUT2D eigenvalue weighted by Crippen LogP contribution is -2.23. The Hall–Kier alpha value is -3.58. The van der Waals surface area contributed by atoms with Crippen molar-refractivity contribution in [2.24, 2.45) is 0 Å². The smallest absolute Gasteiger partial charge is 0.262 e. The number of carbonyl (C=O) groups excluding carboxylic acids is 1. The van der Waals surface area contributed by atoms with Crippen LogP contribution in [0.4, 0.5) is 0 Å². The minimum Gasteiger partial charge on any atom is -0.347 e. The summed E-state index contributed by atoms with van der Waals surface area (Å²) < 4.78 is 2.11. The molecule has 1 N–H and O–H groups in total. The number of hydrogen-bond acceptors (Lipinski definition) is 2. The summed E-state index contributed by atoms with van der Waals surface area (Å²) >= 11 is 0. The fraction of sp³-hybridized carbons (Fsp3) is 0.130. The minimum absolute atomic E-state index is 0.0965. The number of nitriles is 1. The zero-order chi connectivity index (χ0) is 19.2. The lowest BCUT2D eigenvalue weighted by atomic mass is 10.1. The quantitative estimate of drug-likeness (QED) is 0.547. The zero-order valence-electron chi connectivity index (χ0n) is 15.4. The first-order chi connectivity index (χ1) is 13.1. The van der Waals surface area contributed by atoms with E-state index in [1.54, 1.807) is 6.08 Å². The molecule has 0 atom stereocenters. The summed E-state index contributed by atoms with van der Waals surface area (Å²) in [6, 6.07) is 23.7. The molecular weight excluding hydrogens is 334 g/mol. The fourth-order valence-corrected chi connectivity index (χ4v) is 3.09. The van der Waals surface area contributed by atoms with Gasteiger partial charge in [-0.25, -0.2) is 0 Å². The summed E-state index contributed by atoms with van der Waals surface area (Å²) in [5.41, 5.74) is 5.04. The van der Waals surface area contributed by atoms with Crippen molar-refractivity contribution in [3.05, 3.63) is 94.8 Å². The van der Waals surface area contributed by atoms with E-state index in [1.165, 1.54) is 0 Å². The van der Waals surface area contributed by atoms with Gasteiger partial charge in [0.05, 0.1) is 0 Å². The number of hydrogen-bond donors (Lipinski definition) is 1. The van der Waals surface area contributed by atoms with Crippen molar-refractivity contribution in [1.82, 2.24) is 9.88 Å². The average molecular weight is 355 g/mol. The number of amides is 1. The summed E-state index contributed by atoms with van der Waals surface area (Å²) in [7, 11) is 0. The van der Waals surface area contributed by atoms with Crippen LogP contribution >= 0.6 is 0 Å². The van der Waals surface area contributed by atoms with Gasteiger partial charge < -0.3 is 9.88 Å². The Morgan fingerprint density at radius 1 is 1.07 bits per heavy atom. The van der Waals surface area contributed by atoms with Gasteiger partial charge >= 0.3 is 0 Å². The number of para-hydroxylation sites is 1. The Bertz CT molecular complexity index is 1010. The molecule has 0 aliphatic heterocycles. The van der Waals surface area contributed by atoms with E-state index in [-0.39, 0.29) is 11.5 Å². The van der Waals surface area contributed by atoms with Crippen LogP contribution in [-0.2, 0) is 11.3 Å². The number of carbonyl (C=O) groups is 1. The number of aromatic nitrogens is 1. The molecule has 0 saturated heterocycles. The molecule has 0 bridgehead atoms. The molecule has 3 aromatic rings. The maximum Gasteiger partial charge on any atom is 0.262 e. The predicted molar refractivity (Wildman–Crippen MR) is 107 cm³/mol. The second-order valence-electron chi connectivity index (χ2n) is 6.34. The van der Waals surface area contributed by atoms with Gasteiger partial charge in [-0.1, -0.05) is 48.5 Å². The highest BCUT2D eigenvalue weighted by atomic mass is 16.1. The highest BCUT2D eigenvalue weighted by molar-refractivity contribution is 6.01. The Morgan fingerprint density at radius 3 is 2.33 bits per heavy atom. The van der Waals surface area contributed by atoms with E-state index in [4.69, 9.17) is 0 Å². The van der Waals surface area contributed by atoms with Crippen LogP contribution in [-0.4, -0.2) is 10.5 Å². The van der Waals surface area contributed by atoms with Gasteiger partial charge in [-0.05, 0) is 49.2 Å². The molecule has 1 amide bonds. The molecule has 0 aliphatic rings. The van der Waals surface area contributed by atoms with Crippen LogP contribution in [0.1, 0.15) is 22.5 Å². The highest BCUT2D eigenvalue weighted by Gasteiger charge is 2.13. The van der Waals surface area contributed by atoms with Gasteiger partial charge in [0.2, 0.25) is 0 Å². The highest BCUT2D eigenvalue weighted by Crippen LogP contribution is 2.22. The summed E-state index contributed by atoms with van der Waals surface area (Å²) in [6.07, 6.45) is 1.65. The van der Waals surface area contributed by atoms with Crippen molar-refractivity contribution >= 4 is 12.0 Å². The second kappa shape index (κ2) is 8.20. The number of aryl methyl sites for hydroxylation is 1. The largest absolute Gasteiger partial charge is 0.347 e. The van der Waals surface area contributed by atoms with Gasteiger partial charge in [0.1, 0.15) is 11.6 Å². The van der Waals surface area contributed by atoms with Crippen LogP contribution in [0.3, 0.4) is 0 Å². The van der Waals surface area contributed by atoms with Gasteiger partial charge in [0, 0.05) is 23.6 Å². The summed E-state index contributed by atoms with van der Waals surface area (Å²) in [5, 5.41) is 12.3. The normalized spacial score (nSPS) is 11.1. The molecule has 0 radical (unpaired) electrons. The van der Waals surface area contributed by atoms with Crippen LogP contribution in [0, 0.1) is 25.2 Å². The molecule has 1 aromatic heterocycles. The van der Waals surface area contributed by atoms with E-state index < -0.39 is 0 Å². The van der Waals surface area contributed by atoms with Crippen molar-refractivity contribution in [2.75, 3.05) is 0 Å². The molecule has 0 aliphatic carbocycles. The van der Waals surface area contributed by atoms with Gasteiger partial charge in [0.15, 0.2) is 0 Å². The standard InChI is InChI=1S/C23H21N3O/c1-17-13-20(18(2)26(17)22-11-7-4-8-12-22)14-21(15-24)23(27)25-16-19-9-5-3-6-10-19/h3-14H,16H2,1-2H3,(H,25,27)/b21-14+. The number of nitrogens with zero attached hydrogens (tertiary/aromatic N) is 2. The molecule has 0 unspecified atom stereocenters. The van der Waals surface area contributed by atoms with Crippen molar-refractivity contribution in [2.45, 2.75) is 20.4 Å². The van der Waals surface area contributed by atoms with E-state index in [9.17, 15) is 10.1 Å². The molecule has 3 rings (SSSR count). The Kier molecular flexibility index (Phi) is 5.53. The first kappa shape index (κ1) is 18.2. The summed E-state index contributed by atoms with van der Waals surface area (Å²) in [6.45, 7) is 4.39. The molecule has 27 heavy (non-hydrogen) atoms. The molecule has 2 aromatic carbocycles. The Labute approximate surface area is 159 Å². The number of rotatable bonds is 5. The summed E-state index contributed by atoms with van der Waals surface area (Å²) in [4.78, 5) is 12.4. The average Bonchev–Trinajstić information content (AvgIpc) is 2.98. The van der Waals surface area contributed by atoms with Crippen molar-refractivity contribution < 1.29 is 4.79 Å². The van der Waals surface area contributed by atoms with E-state index in [0.29, 0.717) is 6.54 Å². The molecule has 1 heterocycles. The molecular formula is C23H21N3O. The number of nitrogens with one attached hydrogen (secondary N) is 1. The Morgan fingerprint density at radius 2 is 1.70 bits per heavy atom. The summed E-state index contributed by atoms with van der Waals surface area (Å²) in [5.74, 6) is -0.370. The van der Waals surface area contributed by atoms with E-state index >= 15 is 0 Å². The fourth-order valence-electron chi connectivity index (χ4n) is 3.09. The monoisotopic (exact) mass is 355 g/mol. The van der Waals surface area contributed by atoms with E-state index in [1.807, 2.05) is 86.6 Å². The van der Waals surface area contributed by atoms with Crippen molar-refractivity contribution in [1.29, 1.82) is 5.26 Å². The number of benzene rings is 2. The van der Waals surface area contributed by atoms with Crippen LogP contribution in [0.15, 0.2) is 72.3 Å². The van der Waals surface area contributed by atoms with Gasteiger partial charge in [-0.2, -0.15) is 5.26 Å². The van der Waals surface area contributed by atoms with Gasteiger partial charge in [-0.15, -0.1) is 0 Å². The predicted octanol–water partition coefficient (Wildman–Crippen LogP) is 4.32. The molecule has 0 saturated carbocycles. The Balaban J connectivity index is 1.84. The van der Waals surface area contributed by atoms with Crippen LogP contribution < -0.4 is 5.32 Å². The van der Waals surface area contributed by atoms with Crippen LogP contribution in [0.2, 0.25) is 0 Å². The maximum atomic E-state index is 12.4. The van der Waals surface area contributed by atoms with Crippen molar-refractivity contribution in [3.63, 3.8) is 0 Å². The molecule has 4 heteroatoms. The third-order valence-corrected chi connectivity index (χ3v) is 4.45. The second-order valence-corrected chi connectivity index (χ2v) is 6.34. The first-order valence-corrected chi connectivity index (χ1v) is 8.78. The molecule has 0 spiro atoms. The van der Waals surface area contributed by atoms with Gasteiger partial charge in [-0.3, -0.25) is 4.79 Å². The van der Waals surface area contributed by atoms with Crippen LogP contribution in [0.25, 0.3) is 11.8 Å². The van der Waals surface area contributed by atoms with E-state index in [2.05, 4.69) is 9.88 Å².